The highest BCUT2D eigenvalue weighted by atomic mass is 127. The van der Waals surface area contributed by atoms with Gasteiger partial charge in [-0.3, -0.25) is 0 Å². The fraction of sp³-hybridized carbons (Fsp3) is 0.400. The van der Waals surface area contributed by atoms with Crippen LogP contribution in [-0.2, 0) is 6.54 Å². The first-order valence-electron chi connectivity index (χ1n) is 4.45. The van der Waals surface area contributed by atoms with Crippen LogP contribution in [0.15, 0.2) is 22.7 Å². The predicted octanol–water partition coefficient (Wildman–Crippen LogP) is 3.50. The molecule has 0 saturated heterocycles. The first kappa shape index (κ1) is 12.4. The van der Waals surface area contributed by atoms with Crippen molar-refractivity contribution in [3.05, 3.63) is 34.1 Å². The van der Waals surface area contributed by atoms with Gasteiger partial charge >= 0.3 is 0 Å². The minimum atomic E-state index is -0.196. The smallest absolute Gasteiger partial charge is 0.137 e. The SMILES string of the molecule is Fc1cccc(CNCCCI)c1Br. The Balaban J connectivity index is 2.46. The first-order valence-corrected chi connectivity index (χ1v) is 6.77. The lowest BCUT2D eigenvalue weighted by Crippen LogP contribution is -2.15. The molecular formula is C10H12BrFIN. The maximum atomic E-state index is 13.1. The topological polar surface area (TPSA) is 12.0 Å². The third-order valence-electron chi connectivity index (χ3n) is 1.83. The highest BCUT2D eigenvalue weighted by molar-refractivity contribution is 14.1. The standard InChI is InChI=1S/C10H12BrFIN/c11-10-8(3-1-4-9(10)12)7-14-6-2-5-13/h1,3-4,14H,2,5-7H2. The summed E-state index contributed by atoms with van der Waals surface area (Å²) in [6.07, 6.45) is 1.15. The Morgan fingerprint density at radius 3 is 2.93 bits per heavy atom. The van der Waals surface area contributed by atoms with Gasteiger partial charge in [-0.05, 0) is 40.5 Å². The molecule has 0 heterocycles. The van der Waals surface area contributed by atoms with Crippen molar-refractivity contribution in [1.82, 2.24) is 5.32 Å². The van der Waals surface area contributed by atoms with E-state index in [0.29, 0.717) is 4.47 Å². The number of benzene rings is 1. The van der Waals surface area contributed by atoms with Crippen LogP contribution < -0.4 is 5.32 Å². The highest BCUT2D eigenvalue weighted by Crippen LogP contribution is 2.19. The molecule has 1 nitrogen and oxygen atoms in total. The Kier molecular flexibility index (Phi) is 5.96. The van der Waals surface area contributed by atoms with Crippen LogP contribution in [0.2, 0.25) is 0 Å². The van der Waals surface area contributed by atoms with Crippen molar-refractivity contribution in [2.75, 3.05) is 11.0 Å². The van der Waals surface area contributed by atoms with Crippen molar-refractivity contribution in [3.8, 4) is 0 Å². The molecule has 0 atom stereocenters. The van der Waals surface area contributed by atoms with E-state index in [-0.39, 0.29) is 5.82 Å². The first-order chi connectivity index (χ1) is 6.75. The number of rotatable bonds is 5. The van der Waals surface area contributed by atoms with Crippen LogP contribution >= 0.6 is 38.5 Å². The minimum absolute atomic E-state index is 0.196. The molecule has 1 aromatic rings. The quantitative estimate of drug-likeness (QED) is 0.474. The maximum Gasteiger partial charge on any atom is 0.137 e. The van der Waals surface area contributed by atoms with E-state index in [9.17, 15) is 4.39 Å². The number of hydrogen-bond acceptors (Lipinski definition) is 1. The zero-order valence-corrected chi connectivity index (χ0v) is 11.4. The molecule has 1 rings (SSSR count). The van der Waals surface area contributed by atoms with E-state index in [2.05, 4.69) is 43.8 Å². The molecule has 0 saturated carbocycles. The number of nitrogens with one attached hydrogen (secondary N) is 1. The van der Waals surface area contributed by atoms with Gasteiger partial charge in [0.25, 0.3) is 0 Å². The summed E-state index contributed by atoms with van der Waals surface area (Å²) >= 11 is 5.58. The molecule has 4 heteroatoms. The number of alkyl halides is 1. The summed E-state index contributed by atoms with van der Waals surface area (Å²) < 4.78 is 14.8. The molecule has 0 spiro atoms. The molecular weight excluding hydrogens is 360 g/mol. The van der Waals surface area contributed by atoms with Crippen LogP contribution in [0, 0.1) is 5.82 Å². The molecule has 14 heavy (non-hydrogen) atoms. The lowest BCUT2D eigenvalue weighted by Gasteiger charge is -2.06. The van der Waals surface area contributed by atoms with E-state index in [0.717, 1.165) is 29.5 Å². The molecule has 78 valence electrons. The average Bonchev–Trinajstić information content (AvgIpc) is 2.19. The van der Waals surface area contributed by atoms with E-state index >= 15 is 0 Å². The highest BCUT2D eigenvalue weighted by Gasteiger charge is 2.03. The zero-order chi connectivity index (χ0) is 10.4. The molecule has 1 N–H and O–H groups in total. The second-order valence-electron chi connectivity index (χ2n) is 2.93. The van der Waals surface area contributed by atoms with Crippen molar-refractivity contribution < 1.29 is 4.39 Å². The van der Waals surface area contributed by atoms with Crippen LogP contribution in [0.1, 0.15) is 12.0 Å². The van der Waals surface area contributed by atoms with E-state index in [4.69, 9.17) is 0 Å². The van der Waals surface area contributed by atoms with Gasteiger partial charge in [-0.2, -0.15) is 0 Å². The van der Waals surface area contributed by atoms with Gasteiger partial charge in [0.15, 0.2) is 0 Å². The summed E-state index contributed by atoms with van der Waals surface area (Å²) in [4.78, 5) is 0. The Hall–Kier alpha value is 0.320. The van der Waals surface area contributed by atoms with E-state index < -0.39 is 0 Å². The van der Waals surface area contributed by atoms with Gasteiger partial charge in [0.2, 0.25) is 0 Å². The monoisotopic (exact) mass is 371 g/mol. The Morgan fingerprint density at radius 1 is 1.43 bits per heavy atom. The van der Waals surface area contributed by atoms with Gasteiger partial charge in [0, 0.05) is 11.0 Å². The number of halogens is 3. The molecule has 0 aromatic heterocycles. The van der Waals surface area contributed by atoms with Crippen molar-refractivity contribution in [1.29, 1.82) is 0 Å². The van der Waals surface area contributed by atoms with Gasteiger partial charge < -0.3 is 5.32 Å². The van der Waals surface area contributed by atoms with Crippen LogP contribution in [0.5, 0.6) is 0 Å². The Labute approximate surface area is 106 Å². The van der Waals surface area contributed by atoms with E-state index in [1.165, 1.54) is 6.07 Å². The molecule has 0 bridgehead atoms. The van der Waals surface area contributed by atoms with Gasteiger partial charge in [0.05, 0.1) is 4.47 Å². The number of hydrogen-bond donors (Lipinski definition) is 1. The third kappa shape index (κ3) is 3.82. The van der Waals surface area contributed by atoms with Crippen molar-refractivity contribution in [3.63, 3.8) is 0 Å². The largest absolute Gasteiger partial charge is 0.313 e. The molecule has 0 aliphatic carbocycles. The molecule has 0 unspecified atom stereocenters. The zero-order valence-electron chi connectivity index (χ0n) is 7.69. The fourth-order valence-electron chi connectivity index (χ4n) is 1.10. The lowest BCUT2D eigenvalue weighted by molar-refractivity contribution is 0.612. The maximum absolute atomic E-state index is 13.1. The van der Waals surface area contributed by atoms with E-state index in [1.54, 1.807) is 6.07 Å². The molecule has 0 aliphatic rings. The van der Waals surface area contributed by atoms with Crippen molar-refractivity contribution in [2.24, 2.45) is 0 Å². The van der Waals surface area contributed by atoms with Crippen LogP contribution in [0.3, 0.4) is 0 Å². The summed E-state index contributed by atoms with van der Waals surface area (Å²) in [6.45, 7) is 1.70. The van der Waals surface area contributed by atoms with Gasteiger partial charge in [-0.25, -0.2) is 4.39 Å². The van der Waals surface area contributed by atoms with Gasteiger partial charge in [-0.1, -0.05) is 34.7 Å². The fourth-order valence-corrected chi connectivity index (χ4v) is 1.89. The molecule has 0 radical (unpaired) electrons. The Bertz CT molecular complexity index is 293. The third-order valence-corrected chi connectivity index (χ3v) is 3.49. The van der Waals surface area contributed by atoms with Gasteiger partial charge in [-0.15, -0.1) is 0 Å². The van der Waals surface area contributed by atoms with Crippen LogP contribution in [-0.4, -0.2) is 11.0 Å². The van der Waals surface area contributed by atoms with Crippen LogP contribution in [0.4, 0.5) is 4.39 Å². The van der Waals surface area contributed by atoms with E-state index in [1.807, 2.05) is 6.07 Å². The second-order valence-corrected chi connectivity index (χ2v) is 4.80. The normalized spacial score (nSPS) is 10.5. The summed E-state index contributed by atoms with van der Waals surface area (Å²) in [6, 6.07) is 5.11. The second kappa shape index (κ2) is 6.74. The van der Waals surface area contributed by atoms with Gasteiger partial charge in [0.1, 0.15) is 5.82 Å². The van der Waals surface area contributed by atoms with Crippen molar-refractivity contribution >= 4 is 38.5 Å². The minimum Gasteiger partial charge on any atom is -0.313 e. The summed E-state index contributed by atoms with van der Waals surface area (Å²) in [5.74, 6) is -0.196. The lowest BCUT2D eigenvalue weighted by atomic mass is 10.2. The molecule has 0 aliphatic heterocycles. The average molecular weight is 372 g/mol. The summed E-state index contributed by atoms with van der Waals surface area (Å²) in [5, 5.41) is 3.27. The molecule has 1 aromatic carbocycles. The van der Waals surface area contributed by atoms with Crippen LogP contribution in [0.25, 0.3) is 0 Å². The predicted molar refractivity (Wildman–Crippen MR) is 69.3 cm³/mol. The summed E-state index contributed by atoms with van der Waals surface area (Å²) in [5.41, 5.74) is 0.971. The molecule has 0 amide bonds. The summed E-state index contributed by atoms with van der Waals surface area (Å²) in [7, 11) is 0. The van der Waals surface area contributed by atoms with Crippen molar-refractivity contribution in [2.45, 2.75) is 13.0 Å². The molecule has 0 fully saturated rings. The Morgan fingerprint density at radius 2 is 2.21 bits per heavy atom.